The van der Waals surface area contributed by atoms with E-state index in [-0.39, 0.29) is 5.02 Å². The summed E-state index contributed by atoms with van der Waals surface area (Å²) in [5, 5.41) is 2.35. The third-order valence-corrected chi connectivity index (χ3v) is 2.56. The molecule has 0 saturated carbocycles. The second-order valence-electron chi connectivity index (χ2n) is 3.31. The van der Waals surface area contributed by atoms with Crippen LogP contribution in [0.3, 0.4) is 0 Å². The zero-order chi connectivity index (χ0) is 11.7. The Morgan fingerprint density at radius 2 is 2.12 bits per heavy atom. The van der Waals surface area contributed by atoms with Gasteiger partial charge < -0.3 is 10.2 Å². The maximum atomic E-state index is 12.9. The smallest absolute Gasteiger partial charge is 0.316 e. The molecule has 2 rings (SSSR count). The summed E-state index contributed by atoms with van der Waals surface area (Å²) in [6.45, 7) is 0.728. The van der Waals surface area contributed by atoms with Crippen molar-refractivity contribution in [1.29, 1.82) is 0 Å². The standard InChI is InChI=1S/C10H8ClFN2O2/c11-7-5-6(1-2-8(7)12)14-4-3-13-9(15)10(14)16/h1-2,5H,3-4H2,(H,13,15). The average Bonchev–Trinajstić information content (AvgIpc) is 2.26. The van der Waals surface area contributed by atoms with Crippen LogP contribution in [0, 0.1) is 5.82 Å². The topological polar surface area (TPSA) is 49.4 Å². The summed E-state index contributed by atoms with van der Waals surface area (Å²) >= 11 is 5.60. The van der Waals surface area contributed by atoms with Gasteiger partial charge in [-0.1, -0.05) is 11.6 Å². The van der Waals surface area contributed by atoms with Crippen LogP contribution in [0.1, 0.15) is 0 Å². The molecule has 1 aliphatic rings. The molecule has 1 heterocycles. The van der Waals surface area contributed by atoms with Crippen molar-refractivity contribution in [3.63, 3.8) is 0 Å². The number of amides is 2. The molecule has 0 atom stereocenters. The van der Waals surface area contributed by atoms with Crippen molar-refractivity contribution < 1.29 is 14.0 Å². The summed E-state index contributed by atoms with van der Waals surface area (Å²) in [6, 6.07) is 3.91. The number of rotatable bonds is 1. The summed E-state index contributed by atoms with van der Waals surface area (Å²) in [6.07, 6.45) is 0. The maximum absolute atomic E-state index is 12.9. The maximum Gasteiger partial charge on any atom is 0.316 e. The van der Waals surface area contributed by atoms with Crippen LogP contribution in [-0.2, 0) is 9.59 Å². The van der Waals surface area contributed by atoms with Crippen molar-refractivity contribution in [2.75, 3.05) is 18.0 Å². The Hall–Kier alpha value is -1.62. The molecule has 2 amide bonds. The molecule has 84 valence electrons. The van der Waals surface area contributed by atoms with Crippen molar-refractivity contribution in [2.45, 2.75) is 0 Å². The lowest BCUT2D eigenvalue weighted by atomic mass is 10.2. The van der Waals surface area contributed by atoms with E-state index >= 15 is 0 Å². The Morgan fingerprint density at radius 1 is 1.38 bits per heavy atom. The Labute approximate surface area is 96.0 Å². The van der Waals surface area contributed by atoms with Crippen LogP contribution in [-0.4, -0.2) is 24.9 Å². The molecular formula is C10H8ClFN2O2. The largest absolute Gasteiger partial charge is 0.346 e. The van der Waals surface area contributed by atoms with Crippen molar-refractivity contribution in [1.82, 2.24) is 5.32 Å². The first kappa shape index (κ1) is 10.9. The molecule has 0 aromatic heterocycles. The van der Waals surface area contributed by atoms with Gasteiger partial charge in [-0.25, -0.2) is 4.39 Å². The molecule has 4 nitrogen and oxygen atoms in total. The molecule has 1 saturated heterocycles. The van der Waals surface area contributed by atoms with E-state index in [9.17, 15) is 14.0 Å². The van der Waals surface area contributed by atoms with Crippen LogP contribution in [0.5, 0.6) is 0 Å². The number of hydrogen-bond donors (Lipinski definition) is 1. The molecule has 0 aliphatic carbocycles. The summed E-state index contributed by atoms with van der Waals surface area (Å²) in [7, 11) is 0. The Bertz CT molecular complexity index is 464. The van der Waals surface area contributed by atoms with Gasteiger partial charge in [0.1, 0.15) is 5.82 Å². The lowest BCUT2D eigenvalue weighted by Crippen LogP contribution is -2.52. The van der Waals surface area contributed by atoms with E-state index in [2.05, 4.69) is 5.32 Å². The van der Waals surface area contributed by atoms with Gasteiger partial charge in [-0.3, -0.25) is 9.59 Å². The van der Waals surface area contributed by atoms with E-state index in [1.54, 1.807) is 0 Å². The monoisotopic (exact) mass is 242 g/mol. The summed E-state index contributed by atoms with van der Waals surface area (Å²) in [4.78, 5) is 23.9. The minimum atomic E-state index is -0.660. The summed E-state index contributed by atoms with van der Waals surface area (Å²) in [5.74, 6) is -1.88. The molecule has 1 aromatic carbocycles. The molecular weight excluding hydrogens is 235 g/mol. The first-order chi connectivity index (χ1) is 7.59. The van der Waals surface area contributed by atoms with Gasteiger partial charge in [0.05, 0.1) is 5.02 Å². The third kappa shape index (κ3) is 1.86. The van der Waals surface area contributed by atoms with E-state index in [4.69, 9.17) is 11.6 Å². The van der Waals surface area contributed by atoms with Crippen LogP contribution in [0.2, 0.25) is 5.02 Å². The lowest BCUT2D eigenvalue weighted by Gasteiger charge is -2.26. The van der Waals surface area contributed by atoms with Crippen LogP contribution >= 0.6 is 11.6 Å². The Morgan fingerprint density at radius 3 is 2.81 bits per heavy atom. The molecule has 0 unspecified atom stereocenters. The van der Waals surface area contributed by atoms with E-state index < -0.39 is 17.6 Å². The van der Waals surface area contributed by atoms with Crippen molar-refractivity contribution in [3.05, 3.63) is 29.0 Å². The second-order valence-corrected chi connectivity index (χ2v) is 3.72. The number of nitrogens with one attached hydrogen (secondary N) is 1. The Balaban J connectivity index is 2.32. The van der Waals surface area contributed by atoms with Gasteiger partial charge in [-0.2, -0.15) is 0 Å². The highest BCUT2D eigenvalue weighted by atomic mass is 35.5. The number of carbonyl (C=O) groups is 2. The zero-order valence-corrected chi connectivity index (χ0v) is 8.92. The van der Waals surface area contributed by atoms with Crippen molar-refractivity contribution in [3.8, 4) is 0 Å². The summed E-state index contributed by atoms with van der Waals surface area (Å²) < 4.78 is 12.9. The van der Waals surface area contributed by atoms with E-state index in [0.29, 0.717) is 18.8 Å². The Kier molecular flexibility index (Phi) is 2.78. The third-order valence-electron chi connectivity index (χ3n) is 2.28. The van der Waals surface area contributed by atoms with Crippen LogP contribution in [0.25, 0.3) is 0 Å². The van der Waals surface area contributed by atoms with Gasteiger partial charge in [0.25, 0.3) is 0 Å². The van der Waals surface area contributed by atoms with E-state index in [1.807, 2.05) is 0 Å². The fourth-order valence-electron chi connectivity index (χ4n) is 1.48. The van der Waals surface area contributed by atoms with Crippen molar-refractivity contribution >= 4 is 29.1 Å². The predicted octanol–water partition coefficient (Wildman–Crippen LogP) is 0.942. The molecule has 1 aliphatic heterocycles. The van der Waals surface area contributed by atoms with Crippen LogP contribution < -0.4 is 10.2 Å². The number of anilines is 1. The number of nitrogens with zero attached hydrogens (tertiary/aromatic N) is 1. The number of piperazine rings is 1. The van der Waals surface area contributed by atoms with Crippen LogP contribution in [0.15, 0.2) is 18.2 Å². The van der Waals surface area contributed by atoms with Gasteiger partial charge in [0, 0.05) is 18.8 Å². The molecule has 0 bridgehead atoms. The molecule has 6 heteroatoms. The fraction of sp³-hybridized carbons (Fsp3) is 0.200. The highest BCUT2D eigenvalue weighted by Crippen LogP contribution is 2.23. The minimum Gasteiger partial charge on any atom is -0.346 e. The van der Waals surface area contributed by atoms with Crippen LogP contribution in [0.4, 0.5) is 10.1 Å². The minimum absolute atomic E-state index is 0.0729. The van der Waals surface area contributed by atoms with Gasteiger partial charge in [0.15, 0.2) is 0 Å². The molecule has 1 aromatic rings. The molecule has 16 heavy (non-hydrogen) atoms. The first-order valence-corrected chi connectivity index (χ1v) is 5.02. The SMILES string of the molecule is O=C1NCCN(c2ccc(F)c(Cl)c2)C1=O. The first-order valence-electron chi connectivity index (χ1n) is 4.64. The van der Waals surface area contributed by atoms with Gasteiger partial charge in [-0.15, -0.1) is 0 Å². The predicted molar refractivity (Wildman–Crippen MR) is 56.8 cm³/mol. The van der Waals surface area contributed by atoms with Gasteiger partial charge in [-0.05, 0) is 18.2 Å². The van der Waals surface area contributed by atoms with E-state index in [0.717, 1.165) is 6.07 Å². The number of carbonyl (C=O) groups excluding carboxylic acids is 2. The molecule has 1 fully saturated rings. The lowest BCUT2D eigenvalue weighted by molar-refractivity contribution is -0.138. The molecule has 0 radical (unpaired) electrons. The highest BCUT2D eigenvalue weighted by molar-refractivity contribution is 6.41. The van der Waals surface area contributed by atoms with Gasteiger partial charge >= 0.3 is 11.8 Å². The molecule has 1 N–H and O–H groups in total. The normalized spacial score (nSPS) is 16.2. The van der Waals surface area contributed by atoms with Crippen molar-refractivity contribution in [2.24, 2.45) is 0 Å². The second kappa shape index (κ2) is 4.09. The quantitative estimate of drug-likeness (QED) is 0.746. The number of benzene rings is 1. The van der Waals surface area contributed by atoms with Gasteiger partial charge in [0.2, 0.25) is 0 Å². The highest BCUT2D eigenvalue weighted by Gasteiger charge is 2.27. The number of hydrogen-bond acceptors (Lipinski definition) is 2. The number of halogens is 2. The zero-order valence-electron chi connectivity index (χ0n) is 8.17. The van der Waals surface area contributed by atoms with E-state index in [1.165, 1.54) is 17.0 Å². The molecule has 0 spiro atoms. The fourth-order valence-corrected chi connectivity index (χ4v) is 1.66. The average molecular weight is 243 g/mol. The summed E-state index contributed by atoms with van der Waals surface area (Å²) in [5.41, 5.74) is 0.422.